The molecular formula is C18H31N2O5P. The van der Waals surface area contributed by atoms with Crippen molar-refractivity contribution in [2.24, 2.45) is 0 Å². The molecule has 0 fully saturated rings. The minimum Gasteiger partial charge on any atom is -0.459 e. The monoisotopic (exact) mass is 386 g/mol. The first-order chi connectivity index (χ1) is 12.2. The van der Waals surface area contributed by atoms with Gasteiger partial charge in [-0.1, -0.05) is 30.3 Å². The van der Waals surface area contributed by atoms with Gasteiger partial charge in [-0.05, 0) is 53.4 Å². The van der Waals surface area contributed by atoms with Crippen LogP contribution in [0.5, 0.6) is 0 Å². The molecule has 148 valence electrons. The highest BCUT2D eigenvalue weighted by atomic mass is 31.2. The number of benzene rings is 1. The summed E-state index contributed by atoms with van der Waals surface area (Å²) in [6, 6.07) is 9.34. The molecule has 2 unspecified atom stereocenters. The number of hydrogen-bond acceptors (Lipinski definition) is 6. The topological polar surface area (TPSA) is 77.1 Å². The van der Waals surface area contributed by atoms with E-state index in [4.69, 9.17) is 13.8 Å². The Labute approximate surface area is 156 Å². The lowest BCUT2D eigenvalue weighted by molar-refractivity contribution is -0.153. The molecule has 7 nitrogen and oxygen atoms in total. The van der Waals surface area contributed by atoms with Crippen molar-refractivity contribution < 1.29 is 23.1 Å². The number of carbonyl (C=O) groups excluding carboxylic acids is 1. The smallest absolute Gasteiger partial charge is 0.406 e. The summed E-state index contributed by atoms with van der Waals surface area (Å²) < 4.78 is 29.0. The van der Waals surface area contributed by atoms with Gasteiger partial charge in [0.15, 0.2) is 6.10 Å². The SMILES string of the molecule is CC(C)OP(=O)(NCCCN(C)C)OC(C)C(=O)OCc1ccccc1. The third-order valence-corrected chi connectivity index (χ3v) is 5.19. The van der Waals surface area contributed by atoms with Crippen molar-refractivity contribution in [3.05, 3.63) is 35.9 Å². The van der Waals surface area contributed by atoms with E-state index in [1.807, 2.05) is 49.3 Å². The van der Waals surface area contributed by atoms with E-state index in [0.29, 0.717) is 6.54 Å². The van der Waals surface area contributed by atoms with Crippen LogP contribution in [0.1, 0.15) is 32.8 Å². The molecule has 0 aliphatic heterocycles. The van der Waals surface area contributed by atoms with Crippen LogP contribution in [0.4, 0.5) is 0 Å². The fraction of sp³-hybridized carbons (Fsp3) is 0.611. The molecule has 2 atom stereocenters. The van der Waals surface area contributed by atoms with Gasteiger partial charge in [-0.3, -0.25) is 9.05 Å². The van der Waals surface area contributed by atoms with E-state index in [1.165, 1.54) is 6.92 Å². The number of ether oxygens (including phenoxy) is 1. The molecule has 1 rings (SSSR count). The lowest BCUT2D eigenvalue weighted by Crippen LogP contribution is -2.28. The summed E-state index contributed by atoms with van der Waals surface area (Å²) in [5.74, 6) is -0.587. The van der Waals surface area contributed by atoms with Gasteiger partial charge in [-0.15, -0.1) is 0 Å². The third-order valence-electron chi connectivity index (χ3n) is 3.29. The second-order valence-electron chi connectivity index (χ2n) is 6.56. The van der Waals surface area contributed by atoms with Crippen LogP contribution < -0.4 is 5.09 Å². The molecule has 0 aliphatic rings. The van der Waals surface area contributed by atoms with Gasteiger partial charge in [0.25, 0.3) is 0 Å². The van der Waals surface area contributed by atoms with E-state index in [1.54, 1.807) is 13.8 Å². The molecule has 0 aliphatic carbocycles. The van der Waals surface area contributed by atoms with Crippen LogP contribution >= 0.6 is 7.75 Å². The molecule has 0 spiro atoms. The zero-order valence-electron chi connectivity index (χ0n) is 16.3. The average molecular weight is 386 g/mol. The van der Waals surface area contributed by atoms with Gasteiger partial charge in [0, 0.05) is 6.54 Å². The van der Waals surface area contributed by atoms with Crippen LogP contribution in [0.15, 0.2) is 30.3 Å². The minimum absolute atomic E-state index is 0.138. The van der Waals surface area contributed by atoms with Gasteiger partial charge < -0.3 is 9.64 Å². The third kappa shape index (κ3) is 9.46. The fourth-order valence-electron chi connectivity index (χ4n) is 2.09. The zero-order valence-corrected chi connectivity index (χ0v) is 17.2. The van der Waals surface area contributed by atoms with E-state index >= 15 is 0 Å². The maximum Gasteiger partial charge on any atom is 0.406 e. The highest BCUT2D eigenvalue weighted by molar-refractivity contribution is 7.51. The number of carbonyl (C=O) groups is 1. The first kappa shape index (κ1) is 22.8. The Bertz CT molecular complexity index is 580. The first-order valence-electron chi connectivity index (χ1n) is 8.79. The second kappa shape index (κ2) is 11.5. The van der Waals surface area contributed by atoms with Crippen molar-refractivity contribution in [2.45, 2.75) is 46.0 Å². The Balaban J connectivity index is 2.55. The highest BCUT2D eigenvalue weighted by Crippen LogP contribution is 2.46. The summed E-state index contributed by atoms with van der Waals surface area (Å²) in [5, 5.41) is 2.82. The van der Waals surface area contributed by atoms with Crippen molar-refractivity contribution >= 4 is 13.7 Å². The maximum absolute atomic E-state index is 12.9. The standard InChI is InChI=1S/C18H31N2O5P/c1-15(2)24-26(22,19-12-9-13-20(4)5)25-16(3)18(21)23-14-17-10-7-6-8-11-17/h6-8,10-11,15-16H,9,12-14H2,1-5H3,(H,19,22). The largest absolute Gasteiger partial charge is 0.459 e. The summed E-state index contributed by atoms with van der Waals surface area (Å²) in [4.78, 5) is 14.2. The first-order valence-corrected chi connectivity index (χ1v) is 10.3. The molecule has 0 saturated carbocycles. The van der Waals surface area contributed by atoms with Crippen LogP contribution in [-0.4, -0.2) is 50.3 Å². The zero-order chi connectivity index (χ0) is 19.6. The number of nitrogens with one attached hydrogen (secondary N) is 1. The summed E-state index contributed by atoms with van der Waals surface area (Å²) >= 11 is 0. The highest BCUT2D eigenvalue weighted by Gasteiger charge is 2.31. The van der Waals surface area contributed by atoms with E-state index in [-0.39, 0.29) is 12.7 Å². The average Bonchev–Trinajstić information content (AvgIpc) is 2.56. The van der Waals surface area contributed by atoms with Crippen LogP contribution in [0.25, 0.3) is 0 Å². The summed E-state index contributed by atoms with van der Waals surface area (Å²) in [7, 11) is 0.317. The molecule has 0 bridgehead atoms. The molecule has 1 aromatic rings. The number of nitrogens with zero attached hydrogens (tertiary/aromatic N) is 1. The van der Waals surface area contributed by atoms with E-state index in [9.17, 15) is 9.36 Å². The molecule has 0 radical (unpaired) electrons. The Morgan fingerprint density at radius 3 is 2.38 bits per heavy atom. The molecular weight excluding hydrogens is 355 g/mol. The van der Waals surface area contributed by atoms with E-state index in [0.717, 1.165) is 18.5 Å². The van der Waals surface area contributed by atoms with Gasteiger partial charge in [-0.2, -0.15) is 0 Å². The molecule has 1 aromatic carbocycles. The molecule has 0 saturated heterocycles. The minimum atomic E-state index is -3.61. The molecule has 1 N–H and O–H groups in total. The Morgan fingerprint density at radius 2 is 1.81 bits per heavy atom. The van der Waals surface area contributed by atoms with Crippen LogP contribution in [0.2, 0.25) is 0 Å². The van der Waals surface area contributed by atoms with Gasteiger partial charge in [0.2, 0.25) is 0 Å². The van der Waals surface area contributed by atoms with E-state index < -0.39 is 19.8 Å². The Morgan fingerprint density at radius 1 is 1.15 bits per heavy atom. The van der Waals surface area contributed by atoms with Crippen LogP contribution in [-0.2, 0) is 29.8 Å². The van der Waals surface area contributed by atoms with Gasteiger partial charge in [0.1, 0.15) is 6.61 Å². The number of hydrogen-bond donors (Lipinski definition) is 1. The molecule has 0 aromatic heterocycles. The van der Waals surface area contributed by atoms with Crippen molar-refractivity contribution in [1.29, 1.82) is 0 Å². The molecule has 26 heavy (non-hydrogen) atoms. The fourth-order valence-corrected chi connectivity index (χ4v) is 3.77. The van der Waals surface area contributed by atoms with Gasteiger partial charge in [-0.25, -0.2) is 14.4 Å². The quantitative estimate of drug-likeness (QED) is 0.336. The Kier molecular flexibility index (Phi) is 10.1. The maximum atomic E-state index is 12.9. The van der Waals surface area contributed by atoms with Crippen molar-refractivity contribution in [3.63, 3.8) is 0 Å². The van der Waals surface area contributed by atoms with Gasteiger partial charge >= 0.3 is 13.7 Å². The van der Waals surface area contributed by atoms with Crippen molar-refractivity contribution in [2.75, 3.05) is 27.2 Å². The molecule has 0 heterocycles. The van der Waals surface area contributed by atoms with Crippen LogP contribution in [0.3, 0.4) is 0 Å². The molecule has 8 heteroatoms. The van der Waals surface area contributed by atoms with Crippen LogP contribution in [0, 0.1) is 0 Å². The number of esters is 1. The normalized spacial score (nSPS) is 15.0. The lowest BCUT2D eigenvalue weighted by Gasteiger charge is -2.24. The summed E-state index contributed by atoms with van der Waals surface area (Å²) in [6.45, 7) is 6.45. The van der Waals surface area contributed by atoms with Gasteiger partial charge in [0.05, 0.1) is 6.10 Å². The summed E-state index contributed by atoms with van der Waals surface area (Å²) in [6.07, 6.45) is -0.548. The number of rotatable bonds is 12. The predicted molar refractivity (Wildman–Crippen MR) is 102 cm³/mol. The van der Waals surface area contributed by atoms with E-state index in [2.05, 4.69) is 5.09 Å². The van der Waals surface area contributed by atoms with Crippen molar-refractivity contribution in [3.8, 4) is 0 Å². The Hall–Kier alpha value is -1.24. The molecule has 0 amide bonds. The lowest BCUT2D eigenvalue weighted by atomic mass is 10.2. The van der Waals surface area contributed by atoms with Crippen molar-refractivity contribution in [1.82, 2.24) is 9.99 Å². The summed E-state index contributed by atoms with van der Waals surface area (Å²) in [5.41, 5.74) is 0.872. The second-order valence-corrected chi connectivity index (χ2v) is 8.29. The predicted octanol–water partition coefficient (Wildman–Crippen LogP) is 3.21.